The van der Waals surface area contributed by atoms with Gasteiger partial charge in [0.15, 0.2) is 0 Å². The molecule has 0 heterocycles. The maximum atomic E-state index is 10.9. The van der Waals surface area contributed by atoms with Crippen molar-refractivity contribution in [2.75, 3.05) is 0 Å². The van der Waals surface area contributed by atoms with Gasteiger partial charge in [0, 0.05) is 0 Å². The minimum Gasteiger partial charge on any atom is -0.481 e. The highest BCUT2D eigenvalue weighted by atomic mass is 16.4. The lowest BCUT2D eigenvalue weighted by Gasteiger charge is -2.33. The van der Waals surface area contributed by atoms with Crippen molar-refractivity contribution in [3.63, 3.8) is 0 Å². The highest BCUT2D eigenvalue weighted by Crippen LogP contribution is 2.47. The van der Waals surface area contributed by atoms with Crippen molar-refractivity contribution in [2.24, 2.45) is 10.8 Å². The Kier molecular flexibility index (Phi) is 1.58. The molecule has 2 heteroatoms. The summed E-state index contributed by atoms with van der Waals surface area (Å²) in [4.78, 5) is 10.9. The summed E-state index contributed by atoms with van der Waals surface area (Å²) in [7, 11) is 0. The Bertz CT molecular complexity index is 216. The van der Waals surface area contributed by atoms with Gasteiger partial charge >= 0.3 is 5.97 Å². The first-order chi connectivity index (χ1) is 4.90. The normalized spacial score (nSPS) is 34.1. The molecule has 1 aliphatic rings. The van der Waals surface area contributed by atoms with E-state index in [0.717, 1.165) is 0 Å². The minimum absolute atomic E-state index is 0.209. The van der Waals surface area contributed by atoms with E-state index < -0.39 is 11.4 Å². The van der Waals surface area contributed by atoms with E-state index in [9.17, 15) is 4.79 Å². The summed E-state index contributed by atoms with van der Waals surface area (Å²) in [6, 6.07) is 0. The molecular formula is C9H14O2. The van der Waals surface area contributed by atoms with Crippen LogP contribution >= 0.6 is 0 Å². The second-order valence-corrected chi connectivity index (χ2v) is 3.97. The largest absolute Gasteiger partial charge is 0.481 e. The molecule has 0 spiro atoms. The molecule has 1 rings (SSSR count). The highest BCUT2D eigenvalue weighted by Gasteiger charge is 2.47. The molecule has 62 valence electrons. The Morgan fingerprint density at radius 3 is 2.18 bits per heavy atom. The Morgan fingerprint density at radius 2 is 2.00 bits per heavy atom. The van der Waals surface area contributed by atoms with Gasteiger partial charge in [0.2, 0.25) is 0 Å². The molecule has 0 aromatic carbocycles. The third-order valence-corrected chi connectivity index (χ3v) is 2.95. The van der Waals surface area contributed by atoms with Crippen molar-refractivity contribution in [3.05, 3.63) is 12.2 Å². The Morgan fingerprint density at radius 1 is 1.45 bits per heavy atom. The third kappa shape index (κ3) is 0.971. The van der Waals surface area contributed by atoms with Gasteiger partial charge < -0.3 is 5.11 Å². The van der Waals surface area contributed by atoms with Gasteiger partial charge in [-0.05, 0) is 18.8 Å². The van der Waals surface area contributed by atoms with Gasteiger partial charge in [0.25, 0.3) is 0 Å². The van der Waals surface area contributed by atoms with Gasteiger partial charge in [-0.1, -0.05) is 26.0 Å². The van der Waals surface area contributed by atoms with Crippen LogP contribution in [0.3, 0.4) is 0 Å². The summed E-state index contributed by atoms with van der Waals surface area (Å²) < 4.78 is 0. The van der Waals surface area contributed by atoms with Crippen LogP contribution in [0.25, 0.3) is 0 Å². The van der Waals surface area contributed by atoms with Crippen molar-refractivity contribution >= 4 is 5.97 Å². The molecule has 0 bridgehead atoms. The number of hydrogen-bond donors (Lipinski definition) is 1. The monoisotopic (exact) mass is 154 g/mol. The molecule has 1 N–H and O–H groups in total. The van der Waals surface area contributed by atoms with E-state index >= 15 is 0 Å². The summed E-state index contributed by atoms with van der Waals surface area (Å²) in [5.41, 5.74) is -0.814. The van der Waals surface area contributed by atoms with E-state index in [1.54, 1.807) is 6.92 Å². The number of hydrogen-bond acceptors (Lipinski definition) is 1. The van der Waals surface area contributed by atoms with Crippen LogP contribution < -0.4 is 0 Å². The van der Waals surface area contributed by atoms with E-state index in [4.69, 9.17) is 5.11 Å². The van der Waals surface area contributed by atoms with E-state index in [-0.39, 0.29) is 5.41 Å². The minimum atomic E-state index is -0.701. The van der Waals surface area contributed by atoms with Crippen LogP contribution in [-0.4, -0.2) is 11.1 Å². The second kappa shape index (κ2) is 2.10. The quantitative estimate of drug-likeness (QED) is 0.587. The van der Waals surface area contributed by atoms with Crippen molar-refractivity contribution < 1.29 is 9.90 Å². The van der Waals surface area contributed by atoms with Crippen LogP contribution in [0.1, 0.15) is 27.2 Å². The van der Waals surface area contributed by atoms with Crippen LogP contribution in [0.2, 0.25) is 0 Å². The zero-order valence-electron chi connectivity index (χ0n) is 7.22. The lowest BCUT2D eigenvalue weighted by Crippen LogP contribution is -2.37. The molecule has 0 aromatic heterocycles. The van der Waals surface area contributed by atoms with Crippen LogP contribution in [0, 0.1) is 10.8 Å². The van der Waals surface area contributed by atoms with Gasteiger partial charge in [-0.25, -0.2) is 0 Å². The third-order valence-electron chi connectivity index (χ3n) is 2.95. The van der Waals surface area contributed by atoms with Gasteiger partial charge in [-0.2, -0.15) is 0 Å². The van der Waals surface area contributed by atoms with Gasteiger partial charge in [0.1, 0.15) is 0 Å². The second-order valence-electron chi connectivity index (χ2n) is 3.97. The van der Waals surface area contributed by atoms with E-state index in [2.05, 4.69) is 0 Å². The molecule has 0 unspecified atom stereocenters. The standard InChI is InChI=1S/C9H14O2/c1-8(2)5-4-6-9(8,3)7(10)11/h4-5H,6H2,1-3H3,(H,10,11)/t9-/m0/s1. The SMILES string of the molecule is CC1(C)C=CC[C@@]1(C)C(=O)O. The molecule has 0 saturated heterocycles. The molecular weight excluding hydrogens is 140 g/mol. The number of carboxylic acids is 1. The molecule has 1 aliphatic carbocycles. The number of carbonyl (C=O) groups is 1. The predicted molar refractivity (Wildman–Crippen MR) is 43.3 cm³/mol. The molecule has 0 fully saturated rings. The average molecular weight is 154 g/mol. The van der Waals surface area contributed by atoms with Crippen LogP contribution in [-0.2, 0) is 4.79 Å². The molecule has 0 radical (unpaired) electrons. The Hall–Kier alpha value is -0.790. The molecule has 0 amide bonds. The fourth-order valence-electron chi connectivity index (χ4n) is 1.40. The maximum absolute atomic E-state index is 10.9. The number of aliphatic carboxylic acids is 1. The van der Waals surface area contributed by atoms with E-state index in [1.807, 2.05) is 26.0 Å². The molecule has 0 aromatic rings. The molecule has 2 nitrogen and oxygen atoms in total. The summed E-state index contributed by atoms with van der Waals surface area (Å²) in [6.07, 6.45) is 4.59. The average Bonchev–Trinajstić information content (AvgIpc) is 2.09. The fraction of sp³-hybridized carbons (Fsp3) is 0.667. The Balaban J connectivity index is 2.99. The fourth-order valence-corrected chi connectivity index (χ4v) is 1.40. The lowest BCUT2D eigenvalue weighted by molar-refractivity contribution is -0.152. The Labute approximate surface area is 66.9 Å². The molecule has 0 aliphatic heterocycles. The van der Waals surface area contributed by atoms with Gasteiger partial charge in [0.05, 0.1) is 5.41 Å². The summed E-state index contributed by atoms with van der Waals surface area (Å²) >= 11 is 0. The molecule has 1 atom stereocenters. The lowest BCUT2D eigenvalue weighted by atomic mass is 9.69. The summed E-state index contributed by atoms with van der Waals surface area (Å²) in [6.45, 7) is 5.73. The van der Waals surface area contributed by atoms with Crippen molar-refractivity contribution in [1.82, 2.24) is 0 Å². The van der Waals surface area contributed by atoms with Crippen LogP contribution in [0.4, 0.5) is 0 Å². The highest BCUT2D eigenvalue weighted by molar-refractivity contribution is 5.76. The van der Waals surface area contributed by atoms with Gasteiger partial charge in [-0.15, -0.1) is 0 Å². The summed E-state index contributed by atoms with van der Waals surface area (Å²) in [5.74, 6) is -0.701. The zero-order valence-corrected chi connectivity index (χ0v) is 7.22. The number of allylic oxidation sites excluding steroid dienone is 2. The van der Waals surface area contributed by atoms with Crippen LogP contribution in [0.5, 0.6) is 0 Å². The topological polar surface area (TPSA) is 37.3 Å². The van der Waals surface area contributed by atoms with Crippen LogP contribution in [0.15, 0.2) is 12.2 Å². The zero-order chi connectivity index (χ0) is 8.70. The molecule has 0 saturated carbocycles. The van der Waals surface area contributed by atoms with E-state index in [0.29, 0.717) is 6.42 Å². The predicted octanol–water partition coefficient (Wildman–Crippen LogP) is 2.06. The van der Waals surface area contributed by atoms with Crippen molar-refractivity contribution in [2.45, 2.75) is 27.2 Å². The maximum Gasteiger partial charge on any atom is 0.310 e. The van der Waals surface area contributed by atoms with E-state index in [1.165, 1.54) is 0 Å². The molecule has 11 heavy (non-hydrogen) atoms. The first kappa shape index (κ1) is 8.31. The van der Waals surface area contributed by atoms with Gasteiger partial charge in [-0.3, -0.25) is 4.79 Å². The summed E-state index contributed by atoms with van der Waals surface area (Å²) in [5, 5.41) is 8.97. The number of rotatable bonds is 1. The smallest absolute Gasteiger partial charge is 0.310 e. The van der Waals surface area contributed by atoms with Crippen molar-refractivity contribution in [3.8, 4) is 0 Å². The first-order valence-corrected chi connectivity index (χ1v) is 3.81. The van der Waals surface area contributed by atoms with Crippen molar-refractivity contribution in [1.29, 1.82) is 0 Å². The number of carboxylic acid groups (broad SMARTS) is 1. The first-order valence-electron chi connectivity index (χ1n) is 3.81.